The van der Waals surface area contributed by atoms with Crippen molar-refractivity contribution in [1.29, 1.82) is 0 Å². The van der Waals surface area contributed by atoms with Crippen molar-refractivity contribution in [3.8, 4) is 22.6 Å². The van der Waals surface area contributed by atoms with Crippen LogP contribution in [0.5, 0.6) is 11.5 Å². The molecule has 1 amide bonds. The molecule has 1 aliphatic rings. The summed E-state index contributed by atoms with van der Waals surface area (Å²) in [5.41, 5.74) is 7.55. The summed E-state index contributed by atoms with van der Waals surface area (Å²) in [6.45, 7) is 7.83. The fourth-order valence-corrected chi connectivity index (χ4v) is 3.75. The molecule has 0 radical (unpaired) electrons. The largest absolute Gasteiger partial charge is 0.511 e. The van der Waals surface area contributed by atoms with Gasteiger partial charge in [-0.1, -0.05) is 44.2 Å². The number of benzene rings is 3. The first-order valence-corrected chi connectivity index (χ1v) is 11.3. The molecule has 184 valence electrons. The number of hydrogen-bond donors (Lipinski definition) is 3. The molecule has 0 bridgehead atoms. The molecule has 3 N–H and O–H groups in total. The maximum atomic E-state index is 13.3. The lowest BCUT2D eigenvalue weighted by Gasteiger charge is -2.13. The minimum Gasteiger partial charge on any atom is -0.505 e. The van der Waals surface area contributed by atoms with Crippen LogP contribution < -0.4 is 15.2 Å². The fraction of sp³-hybridized carbons (Fsp3) is 0.185. The van der Waals surface area contributed by atoms with Crippen LogP contribution >= 0.6 is 0 Å². The Morgan fingerprint density at radius 1 is 1.06 bits per heavy atom. The Balaban J connectivity index is 1.64. The number of hydrazone groups is 2. The zero-order valence-corrected chi connectivity index (χ0v) is 20.3. The van der Waals surface area contributed by atoms with Crippen LogP contribution in [0.4, 0.5) is 16.2 Å². The number of rotatable bonds is 6. The first-order chi connectivity index (χ1) is 17.2. The van der Waals surface area contributed by atoms with Gasteiger partial charge in [0, 0.05) is 5.56 Å². The van der Waals surface area contributed by atoms with Crippen molar-refractivity contribution in [3.05, 3.63) is 71.8 Å². The van der Waals surface area contributed by atoms with Crippen LogP contribution in [0.3, 0.4) is 0 Å². The van der Waals surface area contributed by atoms with Crippen molar-refractivity contribution >= 4 is 34.9 Å². The maximum absolute atomic E-state index is 13.3. The number of anilines is 2. The summed E-state index contributed by atoms with van der Waals surface area (Å²) in [5, 5.41) is 30.0. The van der Waals surface area contributed by atoms with Crippen molar-refractivity contribution in [2.24, 2.45) is 16.1 Å². The summed E-state index contributed by atoms with van der Waals surface area (Å²) in [7, 11) is 0. The molecule has 36 heavy (non-hydrogen) atoms. The Morgan fingerprint density at radius 2 is 1.81 bits per heavy atom. The van der Waals surface area contributed by atoms with E-state index in [-0.39, 0.29) is 34.7 Å². The number of phenolic OH excluding ortho intramolecular Hbond substituents is 1. The summed E-state index contributed by atoms with van der Waals surface area (Å²) < 4.78 is 4.71. The van der Waals surface area contributed by atoms with Crippen molar-refractivity contribution in [2.45, 2.75) is 27.7 Å². The van der Waals surface area contributed by atoms with Gasteiger partial charge in [-0.3, -0.25) is 10.2 Å². The Morgan fingerprint density at radius 3 is 2.50 bits per heavy atom. The standard InChI is InChI=1S/C27H26N4O5/c1-15(2)23-24(26(33)31(30-23)19-12-11-16(3)17(4)13-19)29-28-22-10-6-9-21(25(22)32)18-7-5-8-20(14-18)36-27(34)35/h5-15,28,32H,1-4H3,(H,34,35). The smallest absolute Gasteiger partial charge is 0.505 e. The fourth-order valence-electron chi connectivity index (χ4n) is 3.75. The molecular weight excluding hydrogens is 460 g/mol. The van der Waals surface area contributed by atoms with Crippen LogP contribution in [-0.2, 0) is 4.79 Å². The van der Waals surface area contributed by atoms with Gasteiger partial charge in [-0.2, -0.15) is 15.2 Å². The van der Waals surface area contributed by atoms with E-state index in [0.717, 1.165) is 11.1 Å². The van der Waals surface area contributed by atoms with E-state index < -0.39 is 6.16 Å². The SMILES string of the molecule is Cc1ccc(N2N=C(C(C)C)C(=NNc3cccc(-c4cccc(OC(=O)O)c4)c3O)C2=O)cc1C. The Labute approximate surface area is 208 Å². The molecule has 0 saturated carbocycles. The van der Waals surface area contributed by atoms with Crippen LogP contribution in [0.25, 0.3) is 11.1 Å². The summed E-state index contributed by atoms with van der Waals surface area (Å²) in [6.07, 6.45) is -1.43. The van der Waals surface area contributed by atoms with Crippen LogP contribution in [0.15, 0.2) is 70.9 Å². The maximum Gasteiger partial charge on any atom is 0.511 e. The lowest BCUT2D eigenvalue weighted by atomic mass is 10.0. The number of amides is 1. The van der Waals surface area contributed by atoms with E-state index in [1.807, 2.05) is 45.9 Å². The van der Waals surface area contributed by atoms with Crippen LogP contribution in [0.1, 0.15) is 25.0 Å². The quantitative estimate of drug-likeness (QED) is 0.181. The van der Waals surface area contributed by atoms with Gasteiger partial charge in [-0.25, -0.2) is 4.79 Å². The summed E-state index contributed by atoms with van der Waals surface area (Å²) in [5.74, 6) is -0.431. The monoisotopic (exact) mass is 486 g/mol. The van der Waals surface area contributed by atoms with E-state index in [2.05, 4.69) is 15.6 Å². The highest BCUT2D eigenvalue weighted by Gasteiger charge is 2.34. The van der Waals surface area contributed by atoms with Gasteiger partial charge in [-0.05, 0) is 66.8 Å². The topological polar surface area (TPSA) is 124 Å². The molecule has 0 atom stereocenters. The van der Waals surface area contributed by atoms with E-state index in [1.165, 1.54) is 17.1 Å². The van der Waals surface area contributed by atoms with Crippen LogP contribution in [0.2, 0.25) is 0 Å². The number of aryl methyl sites for hydroxylation is 2. The molecule has 3 aromatic carbocycles. The van der Waals surface area contributed by atoms with E-state index in [0.29, 0.717) is 22.5 Å². The van der Waals surface area contributed by atoms with Crippen molar-refractivity contribution in [1.82, 2.24) is 0 Å². The number of carboxylic acid groups (broad SMARTS) is 1. The minimum absolute atomic E-state index is 0.0667. The number of ether oxygens (including phenoxy) is 1. The lowest BCUT2D eigenvalue weighted by Crippen LogP contribution is -2.29. The average molecular weight is 487 g/mol. The van der Waals surface area contributed by atoms with Gasteiger partial charge in [-0.15, -0.1) is 0 Å². The zero-order valence-electron chi connectivity index (χ0n) is 20.3. The molecule has 0 aromatic heterocycles. The number of nitrogens with zero attached hydrogens (tertiary/aromatic N) is 3. The van der Waals surface area contributed by atoms with Gasteiger partial charge in [0.15, 0.2) is 5.71 Å². The molecule has 0 saturated heterocycles. The third-order valence-corrected chi connectivity index (χ3v) is 5.80. The van der Waals surface area contributed by atoms with Crippen LogP contribution in [0, 0.1) is 19.8 Å². The van der Waals surface area contributed by atoms with E-state index in [9.17, 15) is 14.7 Å². The zero-order chi connectivity index (χ0) is 26.0. The lowest BCUT2D eigenvalue weighted by molar-refractivity contribution is -0.112. The highest BCUT2D eigenvalue weighted by atomic mass is 16.7. The Hall–Kier alpha value is -4.66. The highest BCUT2D eigenvalue weighted by Crippen LogP contribution is 2.37. The Kier molecular flexibility index (Phi) is 6.73. The number of phenols is 1. The number of para-hydroxylation sites is 1. The van der Waals surface area contributed by atoms with Crippen molar-refractivity contribution in [2.75, 3.05) is 10.4 Å². The van der Waals surface area contributed by atoms with Crippen LogP contribution in [-0.4, -0.2) is 33.7 Å². The molecule has 4 rings (SSSR count). The average Bonchev–Trinajstić information content (AvgIpc) is 3.16. The summed E-state index contributed by atoms with van der Waals surface area (Å²) >= 11 is 0. The molecular formula is C27H26N4O5. The van der Waals surface area contributed by atoms with Crippen molar-refractivity contribution in [3.63, 3.8) is 0 Å². The van der Waals surface area contributed by atoms with Gasteiger partial charge in [0.1, 0.15) is 11.5 Å². The van der Waals surface area contributed by atoms with E-state index in [1.54, 1.807) is 30.3 Å². The van der Waals surface area contributed by atoms with E-state index >= 15 is 0 Å². The number of carbonyl (C=O) groups is 2. The van der Waals surface area contributed by atoms with Gasteiger partial charge >= 0.3 is 12.1 Å². The summed E-state index contributed by atoms with van der Waals surface area (Å²) in [6, 6.07) is 17.0. The molecule has 9 heteroatoms. The first kappa shape index (κ1) is 24.5. The minimum atomic E-state index is -1.43. The molecule has 0 fully saturated rings. The third kappa shape index (κ3) is 4.90. The third-order valence-electron chi connectivity index (χ3n) is 5.80. The highest BCUT2D eigenvalue weighted by molar-refractivity contribution is 6.72. The molecule has 0 aliphatic carbocycles. The van der Waals surface area contributed by atoms with Gasteiger partial charge in [0.25, 0.3) is 0 Å². The first-order valence-electron chi connectivity index (χ1n) is 11.3. The van der Waals surface area contributed by atoms with Gasteiger partial charge < -0.3 is 14.9 Å². The van der Waals surface area contributed by atoms with Gasteiger partial charge in [0.05, 0.1) is 17.1 Å². The van der Waals surface area contributed by atoms with Gasteiger partial charge in [0.2, 0.25) is 0 Å². The second kappa shape index (κ2) is 9.91. The molecule has 0 spiro atoms. The number of aromatic hydroxyl groups is 1. The Bertz CT molecular complexity index is 1410. The molecule has 3 aromatic rings. The number of hydrogen-bond acceptors (Lipinski definition) is 7. The van der Waals surface area contributed by atoms with E-state index in [4.69, 9.17) is 9.84 Å². The second-order valence-corrected chi connectivity index (χ2v) is 8.70. The predicted molar refractivity (Wildman–Crippen MR) is 139 cm³/mol. The molecule has 1 heterocycles. The molecule has 0 unspecified atom stereocenters. The number of nitrogens with one attached hydrogen (secondary N) is 1. The normalized spacial score (nSPS) is 14.4. The predicted octanol–water partition coefficient (Wildman–Crippen LogP) is 5.56. The van der Waals surface area contributed by atoms with Crippen molar-refractivity contribution < 1.29 is 24.5 Å². The molecule has 1 aliphatic heterocycles. The molecule has 9 nitrogen and oxygen atoms in total. The summed E-state index contributed by atoms with van der Waals surface area (Å²) in [4.78, 5) is 24.1. The number of carbonyl (C=O) groups excluding carboxylic acids is 1. The second-order valence-electron chi connectivity index (χ2n) is 8.70.